The molecule has 1 heterocycles. The third kappa shape index (κ3) is 4.57. The van der Waals surface area contributed by atoms with Gasteiger partial charge in [-0.1, -0.05) is 34.1 Å². The van der Waals surface area contributed by atoms with Crippen LogP contribution in [0.2, 0.25) is 0 Å². The SMILES string of the molecule is CC.CCC.CNC(=O)c1ccc2nc[nH]c2c1. The number of imidazole rings is 1. The van der Waals surface area contributed by atoms with E-state index in [1.807, 2.05) is 19.9 Å². The maximum Gasteiger partial charge on any atom is 0.251 e. The highest BCUT2D eigenvalue weighted by Crippen LogP contribution is 2.10. The minimum Gasteiger partial charge on any atom is -0.355 e. The van der Waals surface area contributed by atoms with Gasteiger partial charge < -0.3 is 10.3 Å². The highest BCUT2D eigenvalue weighted by atomic mass is 16.1. The number of benzene rings is 1. The Labute approximate surface area is 109 Å². The molecule has 0 saturated carbocycles. The van der Waals surface area contributed by atoms with E-state index in [1.165, 1.54) is 6.42 Å². The normalized spacial score (nSPS) is 8.72. The van der Waals surface area contributed by atoms with Gasteiger partial charge in [0.1, 0.15) is 0 Å². The molecule has 0 atom stereocenters. The van der Waals surface area contributed by atoms with Gasteiger partial charge in [-0.2, -0.15) is 0 Å². The zero-order valence-corrected chi connectivity index (χ0v) is 11.9. The second-order valence-electron chi connectivity index (χ2n) is 3.42. The molecule has 0 aliphatic heterocycles. The van der Waals surface area contributed by atoms with Crippen molar-refractivity contribution in [3.8, 4) is 0 Å². The van der Waals surface area contributed by atoms with Crippen molar-refractivity contribution in [3.63, 3.8) is 0 Å². The summed E-state index contributed by atoms with van der Waals surface area (Å²) < 4.78 is 0. The second-order valence-corrected chi connectivity index (χ2v) is 3.42. The summed E-state index contributed by atoms with van der Waals surface area (Å²) in [6.45, 7) is 8.25. The van der Waals surface area contributed by atoms with Gasteiger partial charge in [0.2, 0.25) is 0 Å². The molecule has 0 spiro atoms. The van der Waals surface area contributed by atoms with Gasteiger partial charge >= 0.3 is 0 Å². The van der Waals surface area contributed by atoms with Crippen LogP contribution in [-0.4, -0.2) is 22.9 Å². The van der Waals surface area contributed by atoms with Crippen LogP contribution < -0.4 is 5.32 Å². The Kier molecular flexibility index (Phi) is 8.27. The fraction of sp³-hybridized carbons (Fsp3) is 0.429. The Morgan fingerprint density at radius 3 is 2.50 bits per heavy atom. The van der Waals surface area contributed by atoms with Gasteiger partial charge in [-0.3, -0.25) is 4.79 Å². The van der Waals surface area contributed by atoms with Crippen molar-refractivity contribution in [1.29, 1.82) is 0 Å². The number of H-pyrrole nitrogens is 1. The molecule has 100 valence electrons. The van der Waals surface area contributed by atoms with Gasteiger partial charge in [-0.05, 0) is 18.2 Å². The van der Waals surface area contributed by atoms with Crippen LogP contribution in [0.5, 0.6) is 0 Å². The summed E-state index contributed by atoms with van der Waals surface area (Å²) in [5.41, 5.74) is 2.38. The number of carbonyl (C=O) groups excluding carboxylic acids is 1. The quantitative estimate of drug-likeness (QED) is 0.814. The van der Waals surface area contributed by atoms with E-state index < -0.39 is 0 Å². The van der Waals surface area contributed by atoms with Crippen LogP contribution in [0.25, 0.3) is 11.0 Å². The number of aromatic amines is 1. The predicted molar refractivity (Wildman–Crippen MR) is 76.8 cm³/mol. The van der Waals surface area contributed by atoms with Crippen molar-refractivity contribution >= 4 is 16.9 Å². The van der Waals surface area contributed by atoms with Gasteiger partial charge in [0.25, 0.3) is 5.91 Å². The third-order valence-corrected chi connectivity index (χ3v) is 1.91. The number of hydrogen-bond acceptors (Lipinski definition) is 2. The lowest BCUT2D eigenvalue weighted by Crippen LogP contribution is -2.17. The summed E-state index contributed by atoms with van der Waals surface area (Å²) in [7, 11) is 1.61. The van der Waals surface area contributed by atoms with Gasteiger partial charge in [0.15, 0.2) is 0 Å². The number of aromatic nitrogens is 2. The van der Waals surface area contributed by atoms with Crippen LogP contribution in [-0.2, 0) is 0 Å². The van der Waals surface area contributed by atoms with E-state index >= 15 is 0 Å². The third-order valence-electron chi connectivity index (χ3n) is 1.91. The van der Waals surface area contributed by atoms with Crippen molar-refractivity contribution in [2.45, 2.75) is 34.1 Å². The van der Waals surface area contributed by atoms with Crippen LogP contribution >= 0.6 is 0 Å². The topological polar surface area (TPSA) is 57.8 Å². The number of rotatable bonds is 1. The fourth-order valence-corrected chi connectivity index (χ4v) is 1.22. The van der Waals surface area contributed by atoms with Crippen molar-refractivity contribution in [1.82, 2.24) is 15.3 Å². The number of nitrogens with one attached hydrogen (secondary N) is 2. The van der Waals surface area contributed by atoms with Crippen LogP contribution in [0, 0.1) is 0 Å². The molecule has 18 heavy (non-hydrogen) atoms. The van der Waals surface area contributed by atoms with Gasteiger partial charge in [-0.25, -0.2) is 4.98 Å². The molecule has 2 aromatic rings. The zero-order chi connectivity index (χ0) is 14.0. The molecule has 0 radical (unpaired) electrons. The molecular formula is C14H23N3O. The first-order valence-corrected chi connectivity index (χ1v) is 6.38. The molecular weight excluding hydrogens is 226 g/mol. The molecule has 1 aromatic carbocycles. The van der Waals surface area contributed by atoms with E-state index in [0.29, 0.717) is 5.56 Å². The molecule has 0 fully saturated rings. The lowest BCUT2D eigenvalue weighted by molar-refractivity contribution is 0.0963. The van der Waals surface area contributed by atoms with Crippen LogP contribution in [0.4, 0.5) is 0 Å². The van der Waals surface area contributed by atoms with E-state index in [-0.39, 0.29) is 5.91 Å². The Morgan fingerprint density at radius 2 is 1.94 bits per heavy atom. The van der Waals surface area contributed by atoms with E-state index in [9.17, 15) is 4.79 Å². The summed E-state index contributed by atoms with van der Waals surface area (Å²) in [5.74, 6) is -0.0866. The number of fused-ring (bicyclic) bond motifs is 1. The van der Waals surface area contributed by atoms with E-state index in [2.05, 4.69) is 29.1 Å². The predicted octanol–water partition coefficient (Wildman–Crippen LogP) is 3.37. The van der Waals surface area contributed by atoms with E-state index in [0.717, 1.165) is 11.0 Å². The Balaban J connectivity index is 0.000000509. The highest BCUT2D eigenvalue weighted by Gasteiger charge is 2.04. The van der Waals surface area contributed by atoms with Gasteiger partial charge in [0.05, 0.1) is 17.4 Å². The molecule has 0 bridgehead atoms. The molecule has 0 saturated heterocycles. The molecule has 0 unspecified atom stereocenters. The van der Waals surface area contributed by atoms with Crippen LogP contribution in [0.1, 0.15) is 44.5 Å². The van der Waals surface area contributed by atoms with E-state index in [1.54, 1.807) is 25.5 Å². The first kappa shape index (κ1) is 16.2. The van der Waals surface area contributed by atoms with E-state index in [4.69, 9.17) is 0 Å². The first-order valence-electron chi connectivity index (χ1n) is 6.38. The summed E-state index contributed by atoms with van der Waals surface area (Å²) in [6, 6.07) is 5.35. The summed E-state index contributed by atoms with van der Waals surface area (Å²) in [6.07, 6.45) is 2.86. The summed E-state index contributed by atoms with van der Waals surface area (Å²) in [4.78, 5) is 18.2. The lowest BCUT2D eigenvalue weighted by atomic mass is 10.2. The number of hydrogen-bond donors (Lipinski definition) is 2. The summed E-state index contributed by atoms with van der Waals surface area (Å²) in [5, 5.41) is 2.56. The molecule has 4 heteroatoms. The molecule has 1 amide bonds. The maximum absolute atomic E-state index is 11.2. The van der Waals surface area contributed by atoms with Crippen molar-refractivity contribution in [2.75, 3.05) is 7.05 Å². The Hall–Kier alpha value is -1.84. The molecule has 1 aromatic heterocycles. The smallest absolute Gasteiger partial charge is 0.251 e. The minimum absolute atomic E-state index is 0.0866. The fourth-order valence-electron chi connectivity index (χ4n) is 1.22. The van der Waals surface area contributed by atoms with Gasteiger partial charge in [0, 0.05) is 12.6 Å². The lowest BCUT2D eigenvalue weighted by Gasteiger charge is -1.98. The highest BCUT2D eigenvalue weighted by molar-refractivity contribution is 5.97. The monoisotopic (exact) mass is 249 g/mol. The number of amides is 1. The Morgan fingerprint density at radius 1 is 1.33 bits per heavy atom. The first-order chi connectivity index (χ1) is 8.72. The van der Waals surface area contributed by atoms with Crippen molar-refractivity contribution in [3.05, 3.63) is 30.1 Å². The molecule has 0 aliphatic rings. The molecule has 0 aliphatic carbocycles. The Bertz CT molecular complexity index is 463. The van der Waals surface area contributed by atoms with Crippen molar-refractivity contribution in [2.24, 2.45) is 0 Å². The standard InChI is InChI=1S/C9H9N3O.C3H8.C2H6/c1-10-9(13)6-2-3-7-8(4-6)12-5-11-7;1-3-2;1-2/h2-5H,1H3,(H,10,13)(H,11,12);3H2,1-2H3;1-2H3. The van der Waals surface area contributed by atoms with Crippen LogP contribution in [0.3, 0.4) is 0 Å². The molecule has 2 N–H and O–H groups in total. The maximum atomic E-state index is 11.2. The largest absolute Gasteiger partial charge is 0.355 e. The minimum atomic E-state index is -0.0866. The zero-order valence-electron chi connectivity index (χ0n) is 11.9. The van der Waals surface area contributed by atoms with Gasteiger partial charge in [-0.15, -0.1) is 0 Å². The number of nitrogens with zero attached hydrogens (tertiary/aromatic N) is 1. The van der Waals surface area contributed by atoms with Crippen LogP contribution in [0.15, 0.2) is 24.5 Å². The van der Waals surface area contributed by atoms with Crippen molar-refractivity contribution < 1.29 is 4.79 Å². The summed E-state index contributed by atoms with van der Waals surface area (Å²) >= 11 is 0. The average Bonchev–Trinajstić information content (AvgIpc) is 2.88. The second kappa shape index (κ2) is 9.22. The average molecular weight is 249 g/mol. The molecule has 4 nitrogen and oxygen atoms in total. The number of carbonyl (C=O) groups is 1. The molecule has 2 rings (SSSR count).